The first-order valence-electron chi connectivity index (χ1n) is 5.08. The van der Waals surface area contributed by atoms with Crippen LogP contribution in [-0.4, -0.2) is 38.4 Å². The summed E-state index contributed by atoms with van der Waals surface area (Å²) in [7, 11) is 1.77. The van der Waals surface area contributed by atoms with Gasteiger partial charge in [-0.25, -0.2) is 4.79 Å². The number of rotatable bonds is 5. The zero-order valence-electron chi connectivity index (χ0n) is 9.67. The molecule has 0 bridgehead atoms. The van der Waals surface area contributed by atoms with Gasteiger partial charge >= 0.3 is 12.0 Å². The Morgan fingerprint density at radius 2 is 2.24 bits per heavy atom. The first-order chi connectivity index (χ1) is 8.00. The summed E-state index contributed by atoms with van der Waals surface area (Å²) in [5.74, 6) is -0.944. The molecule has 1 rings (SSSR count). The lowest BCUT2D eigenvalue weighted by molar-refractivity contribution is -0.140. The van der Waals surface area contributed by atoms with E-state index in [-0.39, 0.29) is 13.1 Å². The Morgan fingerprint density at radius 1 is 1.53 bits per heavy atom. The number of nitrogens with zero attached hydrogens (tertiary/aromatic N) is 3. The van der Waals surface area contributed by atoms with Crippen molar-refractivity contribution in [2.75, 3.05) is 6.54 Å². The average molecular weight is 241 g/mol. The van der Waals surface area contributed by atoms with Crippen molar-refractivity contribution in [1.82, 2.24) is 25.4 Å². The van der Waals surface area contributed by atoms with Gasteiger partial charge in [0.2, 0.25) is 0 Å². The number of aliphatic carboxylic acids is 1. The van der Waals surface area contributed by atoms with Crippen molar-refractivity contribution in [2.24, 2.45) is 13.0 Å². The molecule has 8 heteroatoms. The summed E-state index contributed by atoms with van der Waals surface area (Å²) in [5.41, 5.74) is 0. The van der Waals surface area contributed by atoms with E-state index in [0.29, 0.717) is 5.82 Å². The van der Waals surface area contributed by atoms with Crippen molar-refractivity contribution in [2.45, 2.75) is 13.5 Å². The van der Waals surface area contributed by atoms with E-state index in [0.717, 1.165) is 0 Å². The van der Waals surface area contributed by atoms with Gasteiger partial charge in [-0.2, -0.15) is 0 Å². The minimum absolute atomic E-state index is 0.0833. The molecule has 1 atom stereocenters. The van der Waals surface area contributed by atoms with Crippen LogP contribution in [0, 0.1) is 5.92 Å². The molecule has 1 aromatic heterocycles. The SMILES string of the molecule is CC(CNC(=O)NCc1nncn1C)C(=O)O. The molecular weight excluding hydrogens is 226 g/mol. The molecule has 0 aromatic carbocycles. The lowest BCUT2D eigenvalue weighted by Crippen LogP contribution is -2.39. The van der Waals surface area contributed by atoms with E-state index in [1.165, 1.54) is 13.3 Å². The predicted octanol–water partition coefficient (Wildman–Crippen LogP) is -0.665. The summed E-state index contributed by atoms with van der Waals surface area (Å²) in [6.07, 6.45) is 1.53. The first kappa shape index (κ1) is 12.9. The third kappa shape index (κ3) is 4.09. The van der Waals surface area contributed by atoms with Crippen molar-refractivity contribution in [1.29, 1.82) is 0 Å². The van der Waals surface area contributed by atoms with Crippen molar-refractivity contribution in [3.05, 3.63) is 12.2 Å². The molecule has 0 aliphatic carbocycles. The van der Waals surface area contributed by atoms with Gasteiger partial charge in [-0.05, 0) is 0 Å². The molecule has 3 N–H and O–H groups in total. The lowest BCUT2D eigenvalue weighted by Gasteiger charge is -2.09. The third-order valence-corrected chi connectivity index (χ3v) is 2.20. The summed E-state index contributed by atoms with van der Waals surface area (Å²) in [6, 6.07) is -0.430. The van der Waals surface area contributed by atoms with Gasteiger partial charge in [0.15, 0.2) is 5.82 Å². The Kier molecular flexibility index (Phi) is 4.44. The maximum absolute atomic E-state index is 11.3. The number of amides is 2. The Hall–Kier alpha value is -2.12. The molecule has 1 aromatic rings. The van der Waals surface area contributed by atoms with Crippen LogP contribution in [-0.2, 0) is 18.4 Å². The van der Waals surface area contributed by atoms with Crippen LogP contribution in [0.15, 0.2) is 6.33 Å². The van der Waals surface area contributed by atoms with E-state index in [1.54, 1.807) is 11.6 Å². The van der Waals surface area contributed by atoms with E-state index < -0.39 is 17.9 Å². The van der Waals surface area contributed by atoms with Crippen molar-refractivity contribution in [3.63, 3.8) is 0 Å². The van der Waals surface area contributed by atoms with Crippen LogP contribution >= 0.6 is 0 Å². The summed E-state index contributed by atoms with van der Waals surface area (Å²) in [4.78, 5) is 21.8. The van der Waals surface area contributed by atoms with Crippen LogP contribution in [0.3, 0.4) is 0 Å². The lowest BCUT2D eigenvalue weighted by atomic mass is 10.2. The fourth-order valence-electron chi connectivity index (χ4n) is 1.02. The molecule has 1 heterocycles. The fraction of sp³-hybridized carbons (Fsp3) is 0.556. The second-order valence-electron chi connectivity index (χ2n) is 3.66. The largest absolute Gasteiger partial charge is 0.481 e. The van der Waals surface area contributed by atoms with Gasteiger partial charge in [0.25, 0.3) is 0 Å². The van der Waals surface area contributed by atoms with E-state index in [2.05, 4.69) is 20.8 Å². The Labute approximate surface area is 98.0 Å². The number of nitrogens with one attached hydrogen (secondary N) is 2. The number of carboxylic acids is 1. The minimum atomic E-state index is -0.946. The highest BCUT2D eigenvalue weighted by Crippen LogP contribution is 1.92. The van der Waals surface area contributed by atoms with E-state index in [4.69, 9.17) is 5.11 Å². The highest BCUT2D eigenvalue weighted by molar-refractivity contribution is 5.75. The number of aryl methyl sites for hydroxylation is 1. The molecule has 0 saturated heterocycles. The standard InChI is InChI=1S/C9H15N5O3/c1-6(8(15)16)3-10-9(17)11-4-7-13-12-5-14(7)2/h5-6H,3-4H2,1-2H3,(H,15,16)(H2,10,11,17). The summed E-state index contributed by atoms with van der Waals surface area (Å²) < 4.78 is 1.68. The summed E-state index contributed by atoms with van der Waals surface area (Å²) in [6.45, 7) is 1.84. The van der Waals surface area contributed by atoms with Crippen molar-refractivity contribution < 1.29 is 14.7 Å². The predicted molar refractivity (Wildman–Crippen MR) is 58.0 cm³/mol. The maximum atomic E-state index is 11.3. The van der Waals surface area contributed by atoms with E-state index in [9.17, 15) is 9.59 Å². The van der Waals surface area contributed by atoms with Crippen molar-refractivity contribution >= 4 is 12.0 Å². The van der Waals surface area contributed by atoms with Gasteiger partial charge in [-0.3, -0.25) is 4.79 Å². The quantitative estimate of drug-likeness (QED) is 0.633. The van der Waals surface area contributed by atoms with Gasteiger partial charge < -0.3 is 20.3 Å². The molecule has 94 valence electrons. The van der Waals surface area contributed by atoms with Crippen LogP contribution in [0.2, 0.25) is 0 Å². The Bertz CT molecular complexity index is 403. The molecule has 0 fully saturated rings. The third-order valence-electron chi connectivity index (χ3n) is 2.20. The number of carbonyl (C=O) groups excluding carboxylic acids is 1. The molecule has 0 saturated carbocycles. The molecule has 1 unspecified atom stereocenters. The van der Waals surface area contributed by atoms with Gasteiger partial charge in [0.05, 0.1) is 12.5 Å². The second-order valence-corrected chi connectivity index (χ2v) is 3.66. The van der Waals surface area contributed by atoms with Gasteiger partial charge in [0.1, 0.15) is 6.33 Å². The monoisotopic (exact) mass is 241 g/mol. The van der Waals surface area contributed by atoms with Gasteiger partial charge in [-0.1, -0.05) is 6.92 Å². The molecule has 17 heavy (non-hydrogen) atoms. The maximum Gasteiger partial charge on any atom is 0.315 e. The van der Waals surface area contributed by atoms with Crippen LogP contribution < -0.4 is 10.6 Å². The summed E-state index contributed by atoms with van der Waals surface area (Å²) >= 11 is 0. The van der Waals surface area contributed by atoms with Gasteiger partial charge in [0, 0.05) is 13.6 Å². The van der Waals surface area contributed by atoms with Crippen molar-refractivity contribution in [3.8, 4) is 0 Å². The average Bonchev–Trinajstić information content (AvgIpc) is 2.68. The molecule has 8 nitrogen and oxygen atoms in total. The van der Waals surface area contributed by atoms with E-state index in [1.807, 2.05) is 0 Å². The smallest absolute Gasteiger partial charge is 0.315 e. The molecule has 0 aliphatic rings. The number of carboxylic acid groups (broad SMARTS) is 1. The number of urea groups is 1. The van der Waals surface area contributed by atoms with Gasteiger partial charge in [-0.15, -0.1) is 10.2 Å². The molecule has 0 aliphatic heterocycles. The van der Waals surface area contributed by atoms with Crippen LogP contribution in [0.5, 0.6) is 0 Å². The molecule has 2 amide bonds. The Morgan fingerprint density at radius 3 is 2.76 bits per heavy atom. The first-order valence-corrected chi connectivity index (χ1v) is 5.08. The number of aromatic nitrogens is 3. The summed E-state index contributed by atoms with van der Waals surface area (Å²) in [5, 5.41) is 21.1. The number of hydrogen-bond donors (Lipinski definition) is 3. The van der Waals surface area contributed by atoms with Crippen LogP contribution in [0.1, 0.15) is 12.7 Å². The second kappa shape index (κ2) is 5.83. The highest BCUT2D eigenvalue weighted by atomic mass is 16.4. The topological polar surface area (TPSA) is 109 Å². The normalized spacial score (nSPS) is 11.9. The Balaban J connectivity index is 2.27. The fourth-order valence-corrected chi connectivity index (χ4v) is 1.02. The molecular formula is C9H15N5O3. The molecule has 0 radical (unpaired) electrons. The minimum Gasteiger partial charge on any atom is -0.481 e. The van der Waals surface area contributed by atoms with Crippen LogP contribution in [0.4, 0.5) is 4.79 Å². The number of hydrogen-bond acceptors (Lipinski definition) is 4. The van der Waals surface area contributed by atoms with E-state index >= 15 is 0 Å². The molecule has 0 spiro atoms. The highest BCUT2D eigenvalue weighted by Gasteiger charge is 2.12. The zero-order chi connectivity index (χ0) is 12.8. The number of carbonyl (C=O) groups is 2. The zero-order valence-corrected chi connectivity index (χ0v) is 9.67. The van der Waals surface area contributed by atoms with Crippen LogP contribution in [0.25, 0.3) is 0 Å².